The van der Waals surface area contributed by atoms with Crippen LogP contribution in [0.2, 0.25) is 0 Å². The predicted molar refractivity (Wildman–Crippen MR) is 86.8 cm³/mol. The van der Waals surface area contributed by atoms with E-state index in [1.807, 2.05) is 18.2 Å². The topological polar surface area (TPSA) is 82.7 Å². The van der Waals surface area contributed by atoms with E-state index in [0.29, 0.717) is 5.58 Å². The molecule has 1 atom stereocenters. The van der Waals surface area contributed by atoms with Crippen molar-refractivity contribution >= 4 is 24.0 Å². The fourth-order valence-corrected chi connectivity index (χ4v) is 3.85. The zero-order valence-electron chi connectivity index (χ0n) is 13.4. The maximum atomic E-state index is 13.2. The van der Waals surface area contributed by atoms with Crippen molar-refractivity contribution in [1.82, 2.24) is 5.32 Å². The monoisotopic (exact) mass is 349 g/mol. The molecule has 2 saturated carbocycles. The van der Waals surface area contributed by atoms with Crippen LogP contribution in [0.15, 0.2) is 34.9 Å². The van der Waals surface area contributed by atoms with E-state index >= 15 is 0 Å². The molecule has 0 unspecified atom stereocenters. The van der Waals surface area contributed by atoms with E-state index in [4.69, 9.17) is 4.42 Å². The van der Waals surface area contributed by atoms with Crippen LogP contribution in [0.3, 0.4) is 0 Å². The summed E-state index contributed by atoms with van der Waals surface area (Å²) >= 11 is 0. The SMILES string of the molecule is O=C(N[C@@H](Cc1coc2ccccc12)B(O)O)C1CC2(C1)CC2(F)F. The molecule has 0 bridgehead atoms. The normalized spacial score (nSPS) is 27.8. The van der Waals surface area contributed by atoms with Crippen molar-refractivity contribution in [3.05, 3.63) is 36.1 Å². The first-order chi connectivity index (χ1) is 11.8. The van der Waals surface area contributed by atoms with E-state index in [9.17, 15) is 23.6 Å². The van der Waals surface area contributed by atoms with E-state index in [1.165, 1.54) is 6.26 Å². The number of hydrogen-bond donors (Lipinski definition) is 3. The van der Waals surface area contributed by atoms with Crippen molar-refractivity contribution in [2.45, 2.75) is 37.5 Å². The highest BCUT2D eigenvalue weighted by Gasteiger charge is 2.76. The number of furan rings is 1. The van der Waals surface area contributed by atoms with Crippen LogP contribution in [0.4, 0.5) is 8.78 Å². The summed E-state index contributed by atoms with van der Waals surface area (Å²) in [6, 6.07) is 7.32. The summed E-state index contributed by atoms with van der Waals surface area (Å²) in [5.41, 5.74) is 0.433. The van der Waals surface area contributed by atoms with Gasteiger partial charge in [0.25, 0.3) is 5.92 Å². The second-order valence-corrected chi connectivity index (χ2v) is 7.26. The number of carbonyl (C=O) groups excluding carboxylic acids is 1. The number of amides is 1. The number of halogens is 2. The van der Waals surface area contributed by atoms with Gasteiger partial charge in [-0.05, 0) is 30.9 Å². The first-order valence-electron chi connectivity index (χ1n) is 8.31. The number of fused-ring (bicyclic) bond motifs is 1. The van der Waals surface area contributed by atoms with Crippen LogP contribution in [-0.4, -0.2) is 34.9 Å². The van der Waals surface area contributed by atoms with Gasteiger partial charge in [-0.3, -0.25) is 4.79 Å². The van der Waals surface area contributed by atoms with Crippen molar-refractivity contribution in [2.75, 3.05) is 0 Å². The van der Waals surface area contributed by atoms with Gasteiger partial charge < -0.3 is 19.8 Å². The molecule has 3 N–H and O–H groups in total. The van der Waals surface area contributed by atoms with Crippen LogP contribution in [-0.2, 0) is 11.2 Å². The van der Waals surface area contributed by atoms with Gasteiger partial charge in [0.1, 0.15) is 5.58 Å². The summed E-state index contributed by atoms with van der Waals surface area (Å²) in [5.74, 6) is -4.46. The smallest absolute Gasteiger partial charge is 0.464 e. The molecule has 25 heavy (non-hydrogen) atoms. The fourth-order valence-electron chi connectivity index (χ4n) is 3.85. The Morgan fingerprint density at radius 2 is 2.04 bits per heavy atom. The summed E-state index contributed by atoms with van der Waals surface area (Å²) in [6.07, 6.45) is 1.88. The minimum Gasteiger partial charge on any atom is -0.464 e. The number of benzene rings is 1. The highest BCUT2D eigenvalue weighted by atomic mass is 19.3. The molecule has 0 saturated heterocycles. The first kappa shape index (κ1) is 16.5. The lowest BCUT2D eigenvalue weighted by atomic mass is 9.69. The Morgan fingerprint density at radius 3 is 2.68 bits per heavy atom. The largest absolute Gasteiger partial charge is 0.475 e. The number of carbonyl (C=O) groups is 1. The molecule has 2 aliphatic carbocycles. The average molecular weight is 349 g/mol. The molecule has 1 aromatic heterocycles. The second kappa shape index (κ2) is 5.54. The number of alkyl halides is 2. The lowest BCUT2D eigenvalue weighted by molar-refractivity contribution is -0.132. The van der Waals surface area contributed by atoms with E-state index in [0.717, 1.165) is 10.9 Å². The fraction of sp³-hybridized carbons (Fsp3) is 0.471. The molecule has 2 fully saturated rings. The van der Waals surface area contributed by atoms with Crippen molar-refractivity contribution in [2.24, 2.45) is 11.3 Å². The summed E-state index contributed by atoms with van der Waals surface area (Å²) in [6.45, 7) is 0. The number of hydrogen-bond acceptors (Lipinski definition) is 4. The molecular weight excluding hydrogens is 331 g/mol. The van der Waals surface area contributed by atoms with Crippen LogP contribution in [0.25, 0.3) is 11.0 Å². The third-order valence-corrected chi connectivity index (χ3v) is 5.54. The predicted octanol–water partition coefficient (Wildman–Crippen LogP) is 1.91. The Labute approximate surface area is 143 Å². The van der Waals surface area contributed by atoms with E-state index in [-0.39, 0.29) is 25.7 Å². The maximum absolute atomic E-state index is 13.2. The first-order valence-corrected chi connectivity index (χ1v) is 8.31. The highest BCUT2D eigenvalue weighted by molar-refractivity contribution is 6.43. The van der Waals surface area contributed by atoms with E-state index in [2.05, 4.69) is 5.32 Å². The molecule has 1 heterocycles. The van der Waals surface area contributed by atoms with Gasteiger partial charge in [0.2, 0.25) is 5.91 Å². The molecular formula is C17H18BF2NO4. The molecule has 8 heteroatoms. The standard InChI is InChI=1S/C17H18BF2NO4/c19-17(20)9-16(17)6-11(7-16)15(22)21-14(18(23)24)5-10-8-25-13-4-2-1-3-12(10)13/h1-4,8,11,14,23-24H,5-7,9H2,(H,21,22)/t11?,14-,16?/m0/s1. The minimum absolute atomic E-state index is 0.142. The quantitative estimate of drug-likeness (QED) is 0.721. The van der Waals surface area contributed by atoms with Crippen LogP contribution in [0.5, 0.6) is 0 Å². The molecule has 1 aromatic carbocycles. The van der Waals surface area contributed by atoms with Crippen molar-refractivity contribution in [3.63, 3.8) is 0 Å². The molecule has 2 aromatic rings. The molecule has 0 aliphatic heterocycles. The van der Waals surface area contributed by atoms with Gasteiger partial charge in [0.05, 0.1) is 12.2 Å². The third-order valence-electron chi connectivity index (χ3n) is 5.54. The van der Waals surface area contributed by atoms with Gasteiger partial charge >= 0.3 is 7.12 Å². The molecule has 132 valence electrons. The average Bonchev–Trinajstić information content (AvgIpc) is 2.91. The van der Waals surface area contributed by atoms with Crippen molar-refractivity contribution < 1.29 is 28.0 Å². The zero-order chi connectivity index (χ0) is 17.8. The van der Waals surface area contributed by atoms with Crippen LogP contribution in [0, 0.1) is 11.3 Å². The Balaban J connectivity index is 1.41. The summed E-state index contributed by atoms with van der Waals surface area (Å²) in [7, 11) is -1.76. The maximum Gasteiger partial charge on any atom is 0.475 e. The minimum atomic E-state index is -2.64. The van der Waals surface area contributed by atoms with Gasteiger partial charge in [-0.15, -0.1) is 0 Å². The lowest BCUT2D eigenvalue weighted by Crippen LogP contribution is -2.52. The molecule has 5 nitrogen and oxygen atoms in total. The third kappa shape index (κ3) is 2.73. The van der Waals surface area contributed by atoms with Crippen molar-refractivity contribution in [3.8, 4) is 0 Å². The van der Waals surface area contributed by atoms with Gasteiger partial charge in [0, 0.05) is 23.1 Å². The molecule has 0 radical (unpaired) electrons. The lowest BCUT2D eigenvalue weighted by Gasteiger charge is -2.35. The number of para-hydroxylation sites is 1. The Bertz CT molecular complexity index is 816. The Kier molecular flexibility index (Phi) is 3.66. The van der Waals surface area contributed by atoms with Crippen LogP contribution in [0.1, 0.15) is 24.8 Å². The van der Waals surface area contributed by atoms with E-state index in [1.54, 1.807) is 6.07 Å². The molecule has 2 aliphatic rings. The molecule has 4 rings (SSSR count). The summed E-state index contributed by atoms with van der Waals surface area (Å²) < 4.78 is 31.9. The van der Waals surface area contributed by atoms with Gasteiger partial charge in [-0.25, -0.2) is 8.78 Å². The van der Waals surface area contributed by atoms with Crippen LogP contribution >= 0.6 is 0 Å². The van der Waals surface area contributed by atoms with E-state index < -0.39 is 36.2 Å². The second-order valence-electron chi connectivity index (χ2n) is 7.26. The summed E-state index contributed by atoms with van der Waals surface area (Å²) in [4.78, 5) is 12.3. The summed E-state index contributed by atoms with van der Waals surface area (Å²) in [5, 5.41) is 22.6. The Hall–Kier alpha value is -1.93. The molecule has 1 spiro atoms. The van der Waals surface area contributed by atoms with Crippen molar-refractivity contribution in [1.29, 1.82) is 0 Å². The van der Waals surface area contributed by atoms with Gasteiger partial charge in [-0.1, -0.05) is 18.2 Å². The highest BCUT2D eigenvalue weighted by Crippen LogP contribution is 2.72. The number of nitrogens with one attached hydrogen (secondary N) is 1. The zero-order valence-corrected chi connectivity index (χ0v) is 13.4. The van der Waals surface area contributed by atoms with Crippen LogP contribution < -0.4 is 5.32 Å². The number of rotatable bonds is 5. The van der Waals surface area contributed by atoms with Gasteiger partial charge in [-0.2, -0.15) is 0 Å². The van der Waals surface area contributed by atoms with Gasteiger partial charge in [0.15, 0.2) is 0 Å². The molecule has 1 amide bonds. The Morgan fingerprint density at radius 1 is 1.36 bits per heavy atom.